The summed E-state index contributed by atoms with van der Waals surface area (Å²) in [4.78, 5) is 33.4. The zero-order chi connectivity index (χ0) is 15.4. The molecule has 0 unspecified atom stereocenters. The number of nitrogens with zero attached hydrogens (tertiary/aromatic N) is 1. The van der Waals surface area contributed by atoms with E-state index >= 15 is 0 Å². The maximum absolute atomic E-state index is 11.6. The van der Waals surface area contributed by atoms with E-state index < -0.39 is 16.3 Å². The number of carbonyl (C=O) groups excluding carboxylic acids is 1. The first kappa shape index (κ1) is 14.4. The molecular formula is C14H11NO6. The van der Waals surface area contributed by atoms with Crippen molar-refractivity contribution in [3.63, 3.8) is 0 Å². The van der Waals surface area contributed by atoms with Gasteiger partial charge in [-0.05, 0) is 6.92 Å². The highest BCUT2D eigenvalue weighted by atomic mass is 16.6. The van der Waals surface area contributed by atoms with Crippen LogP contribution in [0, 0.1) is 10.1 Å². The molecule has 2 aromatic rings. The van der Waals surface area contributed by atoms with Gasteiger partial charge in [0.2, 0.25) is 5.76 Å². The molecule has 0 fully saturated rings. The van der Waals surface area contributed by atoms with E-state index in [2.05, 4.69) is 0 Å². The zero-order valence-electron chi connectivity index (χ0n) is 11.1. The van der Waals surface area contributed by atoms with Crippen molar-refractivity contribution >= 4 is 11.7 Å². The Morgan fingerprint density at radius 3 is 2.76 bits per heavy atom. The normalized spacial score (nSPS) is 10.1. The van der Waals surface area contributed by atoms with E-state index in [0.717, 1.165) is 12.1 Å². The van der Waals surface area contributed by atoms with Crippen LogP contribution in [0.2, 0.25) is 0 Å². The Hall–Kier alpha value is -2.96. The molecule has 0 aliphatic heterocycles. The number of nitro groups is 1. The monoisotopic (exact) mass is 289 g/mol. The number of esters is 1. The smallest absolute Gasteiger partial charge is 0.374 e. The topological polar surface area (TPSA) is 99.7 Å². The van der Waals surface area contributed by atoms with Gasteiger partial charge < -0.3 is 9.15 Å². The quantitative estimate of drug-likeness (QED) is 0.486. The molecule has 7 nitrogen and oxygen atoms in total. The first-order chi connectivity index (χ1) is 10.0. The van der Waals surface area contributed by atoms with Gasteiger partial charge >= 0.3 is 5.97 Å². The molecule has 0 radical (unpaired) electrons. The van der Waals surface area contributed by atoms with E-state index in [1.165, 1.54) is 18.2 Å². The third-order valence-corrected chi connectivity index (χ3v) is 2.58. The van der Waals surface area contributed by atoms with Gasteiger partial charge in [0.25, 0.3) is 5.69 Å². The van der Waals surface area contributed by atoms with E-state index in [4.69, 9.17) is 9.15 Å². The Bertz CT molecular complexity index is 749. The molecule has 0 N–H and O–H groups in total. The van der Waals surface area contributed by atoms with Gasteiger partial charge in [-0.15, -0.1) is 0 Å². The molecule has 1 aromatic carbocycles. The highest BCUT2D eigenvalue weighted by Crippen LogP contribution is 2.23. The van der Waals surface area contributed by atoms with Crippen LogP contribution < -0.4 is 5.43 Å². The lowest BCUT2D eigenvalue weighted by molar-refractivity contribution is -0.384. The summed E-state index contributed by atoms with van der Waals surface area (Å²) in [5.74, 6) is -0.943. The first-order valence-corrected chi connectivity index (χ1v) is 6.08. The van der Waals surface area contributed by atoms with Crippen LogP contribution in [0.1, 0.15) is 17.5 Å². The summed E-state index contributed by atoms with van der Waals surface area (Å²) in [6, 6.07) is 7.75. The lowest BCUT2D eigenvalue weighted by Crippen LogP contribution is -2.09. The third kappa shape index (κ3) is 3.33. The van der Waals surface area contributed by atoms with Gasteiger partial charge in [-0.3, -0.25) is 14.9 Å². The van der Waals surface area contributed by atoms with Crippen molar-refractivity contribution in [3.05, 3.63) is 62.5 Å². The maximum Gasteiger partial charge on any atom is 0.374 e. The van der Waals surface area contributed by atoms with Crippen molar-refractivity contribution in [2.24, 2.45) is 0 Å². The lowest BCUT2D eigenvalue weighted by atomic mass is 10.1. The predicted octanol–water partition coefficient (Wildman–Crippen LogP) is 2.39. The number of rotatable bonds is 4. The molecule has 2 rings (SSSR count). The first-order valence-electron chi connectivity index (χ1n) is 6.08. The van der Waals surface area contributed by atoms with E-state index in [-0.39, 0.29) is 23.8 Å². The van der Waals surface area contributed by atoms with E-state index in [9.17, 15) is 19.7 Å². The van der Waals surface area contributed by atoms with Crippen LogP contribution in [0.3, 0.4) is 0 Å². The standard InChI is InChI=1S/C14H11NO6/c1-2-20-14(17)13-8-11(16)7-12(21-13)9-4-3-5-10(6-9)15(18)19/h3-8H,2H2,1H3. The lowest BCUT2D eigenvalue weighted by Gasteiger charge is -2.04. The second kappa shape index (κ2) is 6.00. The van der Waals surface area contributed by atoms with E-state index in [1.54, 1.807) is 13.0 Å². The average molecular weight is 289 g/mol. The van der Waals surface area contributed by atoms with Crippen LogP contribution >= 0.6 is 0 Å². The fraction of sp³-hybridized carbons (Fsp3) is 0.143. The fourth-order valence-electron chi connectivity index (χ4n) is 1.70. The van der Waals surface area contributed by atoms with Gasteiger partial charge in [0, 0.05) is 29.8 Å². The van der Waals surface area contributed by atoms with Crippen molar-refractivity contribution in [3.8, 4) is 11.3 Å². The Morgan fingerprint density at radius 2 is 2.10 bits per heavy atom. The number of benzene rings is 1. The molecule has 0 aliphatic carbocycles. The molecule has 0 atom stereocenters. The number of carbonyl (C=O) groups is 1. The highest BCUT2D eigenvalue weighted by Gasteiger charge is 2.14. The van der Waals surface area contributed by atoms with Gasteiger partial charge in [0.05, 0.1) is 11.5 Å². The molecule has 7 heteroatoms. The van der Waals surface area contributed by atoms with Crippen LogP contribution in [-0.4, -0.2) is 17.5 Å². The average Bonchev–Trinajstić information content (AvgIpc) is 2.47. The molecule has 21 heavy (non-hydrogen) atoms. The van der Waals surface area contributed by atoms with E-state index in [0.29, 0.717) is 5.56 Å². The Labute approximate surface area is 118 Å². The number of hydrogen-bond acceptors (Lipinski definition) is 6. The van der Waals surface area contributed by atoms with Gasteiger partial charge in [-0.2, -0.15) is 0 Å². The molecule has 0 bridgehead atoms. The number of ether oxygens (including phenoxy) is 1. The van der Waals surface area contributed by atoms with Crippen LogP contribution in [0.5, 0.6) is 0 Å². The van der Waals surface area contributed by atoms with E-state index in [1.807, 2.05) is 0 Å². The summed E-state index contributed by atoms with van der Waals surface area (Å²) < 4.78 is 10.1. The van der Waals surface area contributed by atoms with Gasteiger partial charge in [0.15, 0.2) is 5.43 Å². The number of hydrogen-bond donors (Lipinski definition) is 0. The molecular weight excluding hydrogens is 278 g/mol. The highest BCUT2D eigenvalue weighted by molar-refractivity contribution is 5.86. The molecule has 108 valence electrons. The Balaban J connectivity index is 2.49. The summed E-state index contributed by atoms with van der Waals surface area (Å²) in [6.45, 7) is 1.77. The molecule has 1 heterocycles. The predicted molar refractivity (Wildman–Crippen MR) is 73.0 cm³/mol. The molecule has 0 saturated heterocycles. The van der Waals surface area contributed by atoms with Gasteiger partial charge in [-0.25, -0.2) is 4.79 Å². The minimum atomic E-state index is -0.762. The van der Waals surface area contributed by atoms with Crippen LogP contribution in [-0.2, 0) is 4.74 Å². The zero-order valence-corrected chi connectivity index (χ0v) is 11.1. The minimum Gasteiger partial charge on any atom is -0.460 e. The van der Waals surface area contributed by atoms with Gasteiger partial charge in [-0.1, -0.05) is 12.1 Å². The van der Waals surface area contributed by atoms with Crippen LogP contribution in [0.15, 0.2) is 45.6 Å². The largest absolute Gasteiger partial charge is 0.460 e. The minimum absolute atomic E-state index is 0.0641. The Morgan fingerprint density at radius 1 is 1.33 bits per heavy atom. The summed E-state index contributed by atoms with van der Waals surface area (Å²) in [5, 5.41) is 10.8. The molecule has 1 aromatic heterocycles. The molecule has 0 spiro atoms. The molecule has 0 aliphatic rings. The third-order valence-electron chi connectivity index (χ3n) is 2.58. The summed E-state index contributed by atoms with van der Waals surface area (Å²) in [6.07, 6.45) is 0. The molecule has 0 amide bonds. The van der Waals surface area contributed by atoms with Crippen LogP contribution in [0.4, 0.5) is 5.69 Å². The van der Waals surface area contributed by atoms with Gasteiger partial charge in [0.1, 0.15) is 5.76 Å². The van der Waals surface area contributed by atoms with Crippen molar-refractivity contribution in [2.45, 2.75) is 6.92 Å². The van der Waals surface area contributed by atoms with Crippen molar-refractivity contribution in [1.82, 2.24) is 0 Å². The van der Waals surface area contributed by atoms with Crippen molar-refractivity contribution < 1.29 is 18.9 Å². The SMILES string of the molecule is CCOC(=O)c1cc(=O)cc(-c2cccc([N+](=O)[O-])c2)o1. The second-order valence-corrected chi connectivity index (χ2v) is 4.05. The van der Waals surface area contributed by atoms with Crippen molar-refractivity contribution in [2.75, 3.05) is 6.61 Å². The second-order valence-electron chi connectivity index (χ2n) is 4.05. The number of nitro benzene ring substituents is 1. The Kier molecular flexibility index (Phi) is 4.13. The van der Waals surface area contributed by atoms with Crippen molar-refractivity contribution in [1.29, 1.82) is 0 Å². The number of non-ortho nitro benzene ring substituents is 1. The molecule has 0 saturated carbocycles. The summed E-state index contributed by atoms with van der Waals surface area (Å²) in [7, 11) is 0. The maximum atomic E-state index is 11.6. The van der Waals surface area contributed by atoms with Crippen LogP contribution in [0.25, 0.3) is 11.3 Å². The summed E-state index contributed by atoms with van der Waals surface area (Å²) in [5.41, 5.74) is -0.269. The fourth-order valence-corrected chi connectivity index (χ4v) is 1.70. The summed E-state index contributed by atoms with van der Waals surface area (Å²) >= 11 is 0.